The Labute approximate surface area is 125 Å². The number of aliphatic imine (C=N–C) groups is 1. The van der Waals surface area contributed by atoms with Crippen molar-refractivity contribution in [3.63, 3.8) is 0 Å². The maximum Gasteiger partial charge on any atom is 0.100 e. The third-order valence-corrected chi connectivity index (χ3v) is 4.02. The normalized spacial score (nSPS) is 20.3. The highest BCUT2D eigenvalue weighted by Crippen LogP contribution is 2.27. The standard InChI is InChI=1S/C18H20N2O/c1-14-19-17(15-8-4-2-5-9-15)12-20(14)18(13-21)16-10-6-3-7-11-16/h2-11,14,18,21H,12-13H2,1H3/t14-,18-/m0/s1. The van der Waals surface area contributed by atoms with Crippen molar-refractivity contribution in [2.45, 2.75) is 19.1 Å². The van der Waals surface area contributed by atoms with Gasteiger partial charge in [0, 0.05) is 6.54 Å². The molecule has 1 N–H and O–H groups in total. The predicted octanol–water partition coefficient (Wildman–Crippen LogP) is 2.87. The van der Waals surface area contributed by atoms with Gasteiger partial charge in [0.25, 0.3) is 0 Å². The van der Waals surface area contributed by atoms with E-state index in [1.165, 1.54) is 0 Å². The summed E-state index contributed by atoms with van der Waals surface area (Å²) in [7, 11) is 0. The van der Waals surface area contributed by atoms with E-state index in [2.05, 4.69) is 36.1 Å². The number of benzene rings is 2. The van der Waals surface area contributed by atoms with E-state index in [1.807, 2.05) is 36.4 Å². The summed E-state index contributed by atoms with van der Waals surface area (Å²) >= 11 is 0. The fraction of sp³-hybridized carbons (Fsp3) is 0.278. The molecule has 1 aliphatic heterocycles. The largest absolute Gasteiger partial charge is 0.394 e. The molecule has 0 aliphatic carbocycles. The summed E-state index contributed by atoms with van der Waals surface area (Å²) in [6, 6.07) is 20.4. The fourth-order valence-electron chi connectivity index (χ4n) is 2.89. The van der Waals surface area contributed by atoms with Crippen molar-refractivity contribution in [2.24, 2.45) is 4.99 Å². The zero-order chi connectivity index (χ0) is 14.7. The first-order valence-corrected chi connectivity index (χ1v) is 7.33. The summed E-state index contributed by atoms with van der Waals surface area (Å²) in [5, 5.41) is 9.82. The topological polar surface area (TPSA) is 35.8 Å². The van der Waals surface area contributed by atoms with Gasteiger partial charge in [-0.3, -0.25) is 9.89 Å². The van der Waals surface area contributed by atoms with Gasteiger partial charge in [-0.15, -0.1) is 0 Å². The summed E-state index contributed by atoms with van der Waals surface area (Å²) in [5.41, 5.74) is 3.39. The second-order valence-electron chi connectivity index (χ2n) is 5.36. The van der Waals surface area contributed by atoms with Crippen molar-refractivity contribution in [3.8, 4) is 0 Å². The summed E-state index contributed by atoms with van der Waals surface area (Å²) < 4.78 is 0. The van der Waals surface area contributed by atoms with Gasteiger partial charge in [0.2, 0.25) is 0 Å². The molecular formula is C18H20N2O. The van der Waals surface area contributed by atoms with Crippen LogP contribution in [0.3, 0.4) is 0 Å². The zero-order valence-corrected chi connectivity index (χ0v) is 12.2. The lowest BCUT2D eigenvalue weighted by molar-refractivity contribution is 0.118. The molecule has 0 saturated carbocycles. The van der Waals surface area contributed by atoms with Crippen LogP contribution in [0, 0.1) is 0 Å². The first kappa shape index (κ1) is 14.0. The molecule has 21 heavy (non-hydrogen) atoms. The second-order valence-corrected chi connectivity index (χ2v) is 5.36. The predicted molar refractivity (Wildman–Crippen MR) is 85.4 cm³/mol. The summed E-state index contributed by atoms with van der Waals surface area (Å²) in [5.74, 6) is 0. The lowest BCUT2D eigenvalue weighted by Crippen LogP contribution is -2.35. The molecule has 108 valence electrons. The minimum absolute atomic E-state index is 0.00818. The lowest BCUT2D eigenvalue weighted by atomic mass is 10.0. The van der Waals surface area contributed by atoms with Crippen LogP contribution in [-0.2, 0) is 0 Å². The minimum Gasteiger partial charge on any atom is -0.394 e. The number of aliphatic hydroxyl groups excluding tert-OH is 1. The van der Waals surface area contributed by atoms with Crippen LogP contribution in [0.1, 0.15) is 24.1 Å². The Bertz CT molecular complexity index is 610. The zero-order valence-electron chi connectivity index (χ0n) is 12.2. The van der Waals surface area contributed by atoms with Gasteiger partial charge < -0.3 is 5.11 Å². The van der Waals surface area contributed by atoms with E-state index in [0.29, 0.717) is 0 Å². The van der Waals surface area contributed by atoms with E-state index in [9.17, 15) is 5.11 Å². The Kier molecular flexibility index (Phi) is 4.13. The van der Waals surface area contributed by atoms with Crippen molar-refractivity contribution in [2.75, 3.05) is 13.2 Å². The Hall–Kier alpha value is -1.97. The minimum atomic E-state index is -0.00818. The first-order chi connectivity index (χ1) is 10.3. The van der Waals surface area contributed by atoms with Gasteiger partial charge in [-0.05, 0) is 18.1 Å². The van der Waals surface area contributed by atoms with E-state index in [1.54, 1.807) is 0 Å². The van der Waals surface area contributed by atoms with E-state index in [-0.39, 0.29) is 18.8 Å². The molecule has 3 heteroatoms. The summed E-state index contributed by atoms with van der Waals surface area (Å²) in [6.45, 7) is 2.96. The highest BCUT2D eigenvalue weighted by molar-refractivity contribution is 6.03. The SMILES string of the molecule is C[C@H]1N=C(c2ccccc2)CN1[C@@H](CO)c1ccccc1. The third-order valence-electron chi connectivity index (χ3n) is 4.02. The van der Waals surface area contributed by atoms with Gasteiger partial charge in [-0.2, -0.15) is 0 Å². The Morgan fingerprint density at radius 1 is 1.10 bits per heavy atom. The van der Waals surface area contributed by atoms with Gasteiger partial charge in [-0.25, -0.2) is 0 Å². The molecule has 0 spiro atoms. The highest BCUT2D eigenvalue weighted by atomic mass is 16.3. The number of hydrogen-bond acceptors (Lipinski definition) is 3. The highest BCUT2D eigenvalue weighted by Gasteiger charge is 2.30. The van der Waals surface area contributed by atoms with Gasteiger partial charge in [0.05, 0.1) is 18.4 Å². The molecule has 0 amide bonds. The monoisotopic (exact) mass is 280 g/mol. The molecule has 0 saturated heterocycles. The van der Waals surface area contributed by atoms with Crippen LogP contribution in [0.5, 0.6) is 0 Å². The van der Waals surface area contributed by atoms with E-state index >= 15 is 0 Å². The molecule has 0 radical (unpaired) electrons. The Balaban J connectivity index is 1.82. The third kappa shape index (κ3) is 2.89. The van der Waals surface area contributed by atoms with E-state index < -0.39 is 0 Å². The molecule has 1 heterocycles. The van der Waals surface area contributed by atoms with E-state index in [0.717, 1.165) is 23.4 Å². The molecular weight excluding hydrogens is 260 g/mol. The van der Waals surface area contributed by atoms with Crippen LogP contribution >= 0.6 is 0 Å². The van der Waals surface area contributed by atoms with Crippen LogP contribution in [0.4, 0.5) is 0 Å². The smallest absolute Gasteiger partial charge is 0.100 e. The van der Waals surface area contributed by atoms with Crippen LogP contribution in [0.15, 0.2) is 65.7 Å². The maximum absolute atomic E-state index is 9.82. The number of hydrogen-bond donors (Lipinski definition) is 1. The second kappa shape index (κ2) is 6.20. The Morgan fingerprint density at radius 3 is 2.33 bits per heavy atom. The van der Waals surface area contributed by atoms with Crippen molar-refractivity contribution >= 4 is 5.71 Å². The van der Waals surface area contributed by atoms with Gasteiger partial charge >= 0.3 is 0 Å². The van der Waals surface area contributed by atoms with Crippen LogP contribution < -0.4 is 0 Å². The maximum atomic E-state index is 9.82. The van der Waals surface area contributed by atoms with Crippen LogP contribution in [0.25, 0.3) is 0 Å². The van der Waals surface area contributed by atoms with Crippen molar-refractivity contribution in [1.82, 2.24) is 4.90 Å². The number of aliphatic hydroxyl groups is 1. The molecule has 3 nitrogen and oxygen atoms in total. The molecule has 0 unspecified atom stereocenters. The lowest BCUT2D eigenvalue weighted by Gasteiger charge is -2.29. The first-order valence-electron chi connectivity index (χ1n) is 7.33. The molecule has 2 atom stereocenters. The van der Waals surface area contributed by atoms with Gasteiger partial charge in [0.15, 0.2) is 0 Å². The molecule has 0 bridgehead atoms. The van der Waals surface area contributed by atoms with Gasteiger partial charge in [-0.1, -0.05) is 60.7 Å². The average Bonchev–Trinajstić information content (AvgIpc) is 2.92. The number of nitrogens with zero attached hydrogens (tertiary/aromatic N) is 2. The molecule has 0 aromatic heterocycles. The molecule has 3 rings (SSSR count). The van der Waals surface area contributed by atoms with Crippen LogP contribution in [0.2, 0.25) is 0 Å². The molecule has 0 fully saturated rings. The summed E-state index contributed by atoms with van der Waals surface area (Å²) in [4.78, 5) is 7.01. The van der Waals surface area contributed by atoms with E-state index in [4.69, 9.17) is 4.99 Å². The Morgan fingerprint density at radius 2 is 1.71 bits per heavy atom. The number of rotatable bonds is 4. The quantitative estimate of drug-likeness (QED) is 0.934. The fourth-order valence-corrected chi connectivity index (χ4v) is 2.89. The average molecular weight is 280 g/mol. The van der Waals surface area contributed by atoms with Crippen molar-refractivity contribution in [1.29, 1.82) is 0 Å². The van der Waals surface area contributed by atoms with Crippen molar-refractivity contribution in [3.05, 3.63) is 71.8 Å². The van der Waals surface area contributed by atoms with Crippen LogP contribution in [-0.4, -0.2) is 35.0 Å². The molecule has 2 aromatic rings. The summed E-state index contributed by atoms with van der Waals surface area (Å²) in [6.07, 6.45) is 0.0811. The van der Waals surface area contributed by atoms with Gasteiger partial charge in [0.1, 0.15) is 6.17 Å². The van der Waals surface area contributed by atoms with Crippen molar-refractivity contribution < 1.29 is 5.11 Å². The molecule has 2 aromatic carbocycles. The molecule has 1 aliphatic rings.